The Morgan fingerprint density at radius 2 is 1.66 bits per heavy atom. The maximum absolute atomic E-state index is 13.8. The van der Waals surface area contributed by atoms with Crippen molar-refractivity contribution in [2.45, 2.75) is 58.2 Å². The van der Waals surface area contributed by atoms with Crippen LogP contribution in [0.4, 0.5) is 5.82 Å². The SMILES string of the molecule is Cc1cn(C2C[C@H](CP(C)(=O)C(C)(C)C)[C@@H](CO[Si](C)(c3ccccc3)c3ccccc3)O2)c(=O)nc1N. The molecule has 0 amide bonds. The smallest absolute Gasteiger partial charge is 0.351 e. The van der Waals surface area contributed by atoms with Crippen LogP contribution in [0, 0.1) is 12.8 Å². The van der Waals surface area contributed by atoms with E-state index < -0.39 is 27.4 Å². The Kier molecular flexibility index (Phi) is 8.19. The van der Waals surface area contributed by atoms with E-state index in [4.69, 9.17) is 14.9 Å². The van der Waals surface area contributed by atoms with Gasteiger partial charge in [-0.3, -0.25) is 4.57 Å². The lowest BCUT2D eigenvalue weighted by Crippen LogP contribution is -2.59. The monoisotopic (exact) mass is 553 g/mol. The summed E-state index contributed by atoms with van der Waals surface area (Å²) in [5.74, 6) is 0.184. The number of hydrogen-bond acceptors (Lipinski definition) is 6. The molecule has 0 spiro atoms. The van der Waals surface area contributed by atoms with Gasteiger partial charge in [0.05, 0.1) is 19.9 Å². The summed E-state index contributed by atoms with van der Waals surface area (Å²) >= 11 is 0. The molecule has 0 bridgehead atoms. The molecule has 1 fully saturated rings. The first kappa shape index (κ1) is 28.5. The Balaban J connectivity index is 1.66. The van der Waals surface area contributed by atoms with Crippen LogP contribution in [0.2, 0.25) is 6.55 Å². The van der Waals surface area contributed by atoms with Crippen LogP contribution in [0.3, 0.4) is 0 Å². The predicted molar refractivity (Wildman–Crippen MR) is 158 cm³/mol. The first-order chi connectivity index (χ1) is 17.8. The van der Waals surface area contributed by atoms with Gasteiger partial charge < -0.3 is 19.5 Å². The van der Waals surface area contributed by atoms with Gasteiger partial charge in [0.25, 0.3) is 8.32 Å². The fraction of sp³-hybridized carbons (Fsp3) is 0.448. The van der Waals surface area contributed by atoms with E-state index in [1.807, 2.05) is 70.8 Å². The van der Waals surface area contributed by atoms with Gasteiger partial charge in [-0.05, 0) is 42.8 Å². The number of nitrogen functional groups attached to an aromatic ring is 1. The fourth-order valence-electron chi connectivity index (χ4n) is 4.93. The lowest BCUT2D eigenvalue weighted by molar-refractivity contribution is -0.0271. The van der Waals surface area contributed by atoms with Crippen molar-refractivity contribution in [3.8, 4) is 0 Å². The molecule has 204 valence electrons. The second kappa shape index (κ2) is 10.9. The van der Waals surface area contributed by atoms with E-state index in [0.717, 1.165) is 0 Å². The molecule has 0 saturated carbocycles. The first-order valence-electron chi connectivity index (χ1n) is 13.1. The summed E-state index contributed by atoms with van der Waals surface area (Å²) in [6.07, 6.45) is 1.94. The third-order valence-electron chi connectivity index (χ3n) is 8.03. The lowest BCUT2D eigenvalue weighted by atomic mass is 10.0. The van der Waals surface area contributed by atoms with Gasteiger partial charge in [0.15, 0.2) is 0 Å². The van der Waals surface area contributed by atoms with Crippen molar-refractivity contribution >= 4 is 31.7 Å². The minimum Gasteiger partial charge on any atom is -0.406 e. The standard InChI is InChI=1S/C29H40N3O4PSi/c1-21-18-32(28(33)31-27(21)30)26-17-22(20-37(5,34)29(2,3)4)25(36-26)19-35-38(6,23-13-9-7-10-14-23)24-15-11-8-12-16-24/h7-16,18,22,25-26H,17,19-20H2,1-6H3,(H2,30,31,33)/t22-,25-,26?,37?/m1/s1. The second-order valence-corrected chi connectivity index (χ2v) is 19.1. The average molecular weight is 554 g/mol. The maximum atomic E-state index is 13.8. The summed E-state index contributed by atoms with van der Waals surface area (Å²) in [7, 11) is -5.11. The molecule has 38 heavy (non-hydrogen) atoms. The van der Waals surface area contributed by atoms with Crippen molar-refractivity contribution < 1.29 is 13.7 Å². The van der Waals surface area contributed by atoms with Gasteiger partial charge >= 0.3 is 5.69 Å². The third kappa shape index (κ3) is 5.89. The zero-order chi connectivity index (χ0) is 27.7. The van der Waals surface area contributed by atoms with Gasteiger partial charge in [-0.2, -0.15) is 4.98 Å². The third-order valence-corrected chi connectivity index (χ3v) is 15.7. The Morgan fingerprint density at radius 1 is 1.11 bits per heavy atom. The van der Waals surface area contributed by atoms with Crippen LogP contribution in [-0.2, 0) is 13.7 Å². The average Bonchev–Trinajstić information content (AvgIpc) is 3.26. The Hall–Kier alpha value is -2.51. The van der Waals surface area contributed by atoms with E-state index in [9.17, 15) is 9.36 Å². The molecule has 1 saturated heterocycles. The van der Waals surface area contributed by atoms with Crippen molar-refractivity contribution in [3.63, 3.8) is 0 Å². The van der Waals surface area contributed by atoms with Crippen molar-refractivity contribution in [1.29, 1.82) is 0 Å². The molecular formula is C29H40N3O4PSi. The number of benzene rings is 2. The number of anilines is 1. The molecule has 2 unspecified atom stereocenters. The normalized spacial score (nSPS) is 21.8. The summed E-state index contributed by atoms with van der Waals surface area (Å²) in [5, 5.41) is 2.01. The Morgan fingerprint density at radius 3 is 2.18 bits per heavy atom. The summed E-state index contributed by atoms with van der Waals surface area (Å²) < 4.78 is 28.7. The molecule has 9 heteroatoms. The van der Waals surface area contributed by atoms with E-state index in [1.165, 1.54) is 14.9 Å². The highest BCUT2D eigenvalue weighted by molar-refractivity contribution is 7.64. The molecule has 4 rings (SSSR count). The topological polar surface area (TPSA) is 96.4 Å². The van der Waals surface area contributed by atoms with Gasteiger partial charge in [0.2, 0.25) is 0 Å². The van der Waals surface area contributed by atoms with E-state index >= 15 is 0 Å². The van der Waals surface area contributed by atoms with Crippen LogP contribution >= 0.6 is 7.14 Å². The zero-order valence-electron chi connectivity index (χ0n) is 23.3. The van der Waals surface area contributed by atoms with Gasteiger partial charge in [-0.15, -0.1) is 0 Å². The molecule has 1 aliphatic heterocycles. The number of aryl methyl sites for hydroxylation is 1. The quantitative estimate of drug-likeness (QED) is 0.331. The molecule has 2 aromatic carbocycles. The molecule has 1 aromatic heterocycles. The largest absolute Gasteiger partial charge is 0.406 e. The van der Waals surface area contributed by atoms with Crippen molar-refractivity contribution in [2.24, 2.45) is 5.92 Å². The van der Waals surface area contributed by atoms with Crippen molar-refractivity contribution in [1.82, 2.24) is 9.55 Å². The van der Waals surface area contributed by atoms with Crippen LogP contribution in [0.1, 0.15) is 39.0 Å². The first-order valence-corrected chi connectivity index (χ1v) is 17.9. The van der Waals surface area contributed by atoms with Crippen LogP contribution in [0.5, 0.6) is 0 Å². The summed E-state index contributed by atoms with van der Waals surface area (Å²) in [4.78, 5) is 16.7. The summed E-state index contributed by atoms with van der Waals surface area (Å²) in [6.45, 7) is 12.3. The van der Waals surface area contributed by atoms with Gasteiger partial charge in [-0.1, -0.05) is 81.4 Å². The number of nitrogens with zero attached hydrogens (tertiary/aromatic N) is 2. The van der Waals surface area contributed by atoms with Crippen LogP contribution in [0.25, 0.3) is 0 Å². The van der Waals surface area contributed by atoms with E-state index in [-0.39, 0.29) is 23.0 Å². The second-order valence-electron chi connectivity index (χ2n) is 11.7. The Bertz CT molecular complexity index is 1320. The molecule has 0 radical (unpaired) electrons. The predicted octanol–water partition coefficient (Wildman–Crippen LogP) is 4.24. The molecule has 7 nitrogen and oxygen atoms in total. The molecule has 1 aliphatic rings. The molecule has 0 aliphatic carbocycles. The molecular weight excluding hydrogens is 513 g/mol. The highest BCUT2D eigenvalue weighted by Gasteiger charge is 2.44. The molecule has 3 aromatic rings. The Labute approximate surface area is 226 Å². The van der Waals surface area contributed by atoms with Gasteiger partial charge in [0, 0.05) is 23.1 Å². The van der Waals surface area contributed by atoms with Gasteiger partial charge in [0.1, 0.15) is 12.0 Å². The van der Waals surface area contributed by atoms with Crippen LogP contribution in [-0.4, -0.2) is 48.6 Å². The summed E-state index contributed by atoms with van der Waals surface area (Å²) in [6, 6.07) is 20.7. The fourth-order valence-corrected chi connectivity index (χ4v) is 9.58. The number of aromatic nitrogens is 2. The van der Waals surface area contributed by atoms with Crippen LogP contribution in [0.15, 0.2) is 71.7 Å². The number of rotatable bonds is 8. The molecule has 2 N–H and O–H groups in total. The van der Waals surface area contributed by atoms with E-state index in [1.54, 1.807) is 6.20 Å². The zero-order valence-corrected chi connectivity index (χ0v) is 25.2. The van der Waals surface area contributed by atoms with Crippen molar-refractivity contribution in [2.75, 3.05) is 25.2 Å². The minimum atomic E-state index is -2.57. The van der Waals surface area contributed by atoms with E-state index in [2.05, 4.69) is 35.8 Å². The number of ether oxygens (including phenoxy) is 1. The summed E-state index contributed by atoms with van der Waals surface area (Å²) in [5.41, 5.74) is 6.14. The highest BCUT2D eigenvalue weighted by atomic mass is 31.2. The number of hydrogen-bond donors (Lipinski definition) is 1. The van der Waals surface area contributed by atoms with Crippen LogP contribution < -0.4 is 21.8 Å². The number of nitrogens with two attached hydrogens (primary N) is 1. The maximum Gasteiger partial charge on any atom is 0.351 e. The van der Waals surface area contributed by atoms with Crippen molar-refractivity contribution in [3.05, 3.63) is 82.9 Å². The van der Waals surface area contributed by atoms with E-state index in [0.29, 0.717) is 24.8 Å². The highest BCUT2D eigenvalue weighted by Crippen LogP contribution is 2.57. The van der Waals surface area contributed by atoms with Gasteiger partial charge in [-0.25, -0.2) is 4.79 Å². The minimum absolute atomic E-state index is 0.0374. The lowest BCUT2D eigenvalue weighted by Gasteiger charge is -2.33. The molecule has 4 atom stereocenters. The molecule has 2 heterocycles.